The Balaban J connectivity index is 1.94. The first-order valence-electron chi connectivity index (χ1n) is 9.92. The van der Waals surface area contributed by atoms with Gasteiger partial charge in [0.15, 0.2) is 0 Å². The van der Waals surface area contributed by atoms with E-state index in [1.165, 1.54) is 0 Å². The third-order valence-electron chi connectivity index (χ3n) is 5.03. The highest BCUT2D eigenvalue weighted by Gasteiger charge is 2.30. The van der Waals surface area contributed by atoms with Crippen molar-refractivity contribution in [2.75, 3.05) is 19.1 Å². The Morgan fingerprint density at radius 2 is 1.34 bits per heavy atom. The normalized spacial score (nSPS) is 11.3. The highest BCUT2D eigenvalue weighted by Crippen LogP contribution is 2.32. The molecule has 0 aliphatic rings. The van der Waals surface area contributed by atoms with E-state index in [4.69, 9.17) is 9.47 Å². The number of alkyl halides is 3. The molecule has 0 aliphatic heterocycles. The second-order valence-electron chi connectivity index (χ2n) is 7.37. The molecule has 4 nitrogen and oxygen atoms in total. The number of rotatable bonds is 8. The van der Waals surface area contributed by atoms with Gasteiger partial charge in [0.05, 0.1) is 20.6 Å². The molecular weight excluding hydrogens is 485 g/mol. The Morgan fingerprint density at radius 3 is 1.72 bits per heavy atom. The Labute approximate surface area is 194 Å². The number of benzene rings is 2. The highest BCUT2D eigenvalue weighted by molar-refractivity contribution is 9.10. The third kappa shape index (κ3) is 6.38. The van der Waals surface area contributed by atoms with Crippen molar-refractivity contribution < 1.29 is 22.6 Å². The number of pyridine rings is 1. The summed E-state index contributed by atoms with van der Waals surface area (Å²) < 4.78 is 49.8. The average Bonchev–Trinajstić information content (AvgIpc) is 2.76. The number of aryl methyl sites for hydroxylation is 1. The summed E-state index contributed by atoms with van der Waals surface area (Å²) in [6.07, 6.45) is -5.33. The SMILES string of the molecule is COc1ccc(CN(Cc2ccc(OC)cc2)c2cc(Br)c(CC(F)(F)F)c(C)n2)cc1. The lowest BCUT2D eigenvalue weighted by molar-refractivity contribution is -0.127. The van der Waals surface area contributed by atoms with Crippen molar-refractivity contribution in [3.05, 3.63) is 81.5 Å². The molecule has 0 radical (unpaired) electrons. The zero-order valence-corrected chi connectivity index (χ0v) is 19.6. The van der Waals surface area contributed by atoms with E-state index in [-0.39, 0.29) is 5.56 Å². The van der Waals surface area contributed by atoms with Crippen LogP contribution >= 0.6 is 15.9 Å². The maximum atomic E-state index is 13.0. The van der Waals surface area contributed by atoms with Crippen molar-refractivity contribution in [3.63, 3.8) is 0 Å². The van der Waals surface area contributed by atoms with Crippen molar-refractivity contribution in [3.8, 4) is 11.5 Å². The molecule has 1 aromatic heterocycles. The summed E-state index contributed by atoms with van der Waals surface area (Å²) in [6, 6.07) is 17.0. The van der Waals surface area contributed by atoms with E-state index < -0.39 is 12.6 Å². The van der Waals surface area contributed by atoms with E-state index in [0.717, 1.165) is 22.6 Å². The standard InChI is InChI=1S/C24H24BrF3N2O2/c1-16-21(13-24(26,27)28)22(25)12-23(29-16)30(14-17-4-8-19(31-2)9-5-17)15-18-6-10-20(32-3)11-7-18/h4-12H,13-15H2,1-3H3. The first-order valence-corrected chi connectivity index (χ1v) is 10.7. The van der Waals surface area contributed by atoms with E-state index >= 15 is 0 Å². The zero-order chi connectivity index (χ0) is 23.3. The van der Waals surface area contributed by atoms with Crippen LogP contribution in [0.4, 0.5) is 19.0 Å². The predicted molar refractivity (Wildman–Crippen MR) is 122 cm³/mol. The number of anilines is 1. The van der Waals surface area contributed by atoms with Gasteiger partial charge in [0, 0.05) is 23.3 Å². The van der Waals surface area contributed by atoms with Gasteiger partial charge in [-0.2, -0.15) is 13.2 Å². The van der Waals surface area contributed by atoms with E-state index in [0.29, 0.717) is 29.1 Å². The lowest BCUT2D eigenvalue weighted by atomic mass is 10.1. The molecule has 0 saturated heterocycles. The molecule has 3 aromatic rings. The summed E-state index contributed by atoms with van der Waals surface area (Å²) in [6.45, 7) is 2.65. The summed E-state index contributed by atoms with van der Waals surface area (Å²) in [5, 5.41) is 0. The van der Waals surface area contributed by atoms with E-state index in [2.05, 4.69) is 20.9 Å². The van der Waals surface area contributed by atoms with Gasteiger partial charge < -0.3 is 14.4 Å². The Morgan fingerprint density at radius 1 is 0.875 bits per heavy atom. The monoisotopic (exact) mass is 508 g/mol. The van der Waals surface area contributed by atoms with Crippen LogP contribution in [0.25, 0.3) is 0 Å². The quantitative estimate of drug-likeness (QED) is 0.348. The summed E-state index contributed by atoms with van der Waals surface area (Å²) in [7, 11) is 3.22. The largest absolute Gasteiger partial charge is 0.497 e. The zero-order valence-electron chi connectivity index (χ0n) is 18.0. The highest BCUT2D eigenvalue weighted by atomic mass is 79.9. The summed E-state index contributed by atoms with van der Waals surface area (Å²) in [5.41, 5.74) is 2.54. The summed E-state index contributed by atoms with van der Waals surface area (Å²) in [4.78, 5) is 6.55. The second kappa shape index (κ2) is 10.3. The van der Waals surface area contributed by atoms with Gasteiger partial charge in [-0.1, -0.05) is 40.2 Å². The number of hydrogen-bond donors (Lipinski definition) is 0. The Kier molecular flexibility index (Phi) is 7.66. The summed E-state index contributed by atoms with van der Waals surface area (Å²) >= 11 is 3.33. The van der Waals surface area contributed by atoms with Crippen LogP contribution in [0, 0.1) is 6.92 Å². The molecule has 170 valence electrons. The smallest absolute Gasteiger partial charge is 0.393 e. The van der Waals surface area contributed by atoms with Crippen LogP contribution in [0.1, 0.15) is 22.4 Å². The number of ether oxygens (including phenoxy) is 2. The van der Waals surface area contributed by atoms with Gasteiger partial charge in [-0.3, -0.25) is 0 Å². The minimum atomic E-state index is -4.30. The van der Waals surface area contributed by atoms with Crippen molar-refractivity contribution >= 4 is 21.7 Å². The molecular formula is C24H24BrF3N2O2. The second-order valence-corrected chi connectivity index (χ2v) is 8.22. The molecule has 8 heteroatoms. The molecule has 0 aliphatic carbocycles. The first-order chi connectivity index (χ1) is 15.2. The molecule has 0 N–H and O–H groups in total. The molecule has 3 rings (SSSR count). The van der Waals surface area contributed by atoms with E-state index in [1.54, 1.807) is 27.2 Å². The number of halogens is 4. The van der Waals surface area contributed by atoms with Gasteiger partial charge in [-0.15, -0.1) is 0 Å². The number of aromatic nitrogens is 1. The topological polar surface area (TPSA) is 34.6 Å². The van der Waals surface area contributed by atoms with Crippen LogP contribution in [0.3, 0.4) is 0 Å². The van der Waals surface area contributed by atoms with Crippen LogP contribution in [0.2, 0.25) is 0 Å². The number of nitrogens with zero attached hydrogens (tertiary/aromatic N) is 2. The molecule has 32 heavy (non-hydrogen) atoms. The molecule has 0 bridgehead atoms. The van der Waals surface area contributed by atoms with Gasteiger partial charge in [0.25, 0.3) is 0 Å². The maximum absolute atomic E-state index is 13.0. The van der Waals surface area contributed by atoms with Gasteiger partial charge in [-0.05, 0) is 53.9 Å². The number of hydrogen-bond acceptors (Lipinski definition) is 4. The van der Waals surface area contributed by atoms with E-state index in [9.17, 15) is 13.2 Å². The van der Waals surface area contributed by atoms with Crippen LogP contribution in [0.5, 0.6) is 11.5 Å². The minimum Gasteiger partial charge on any atom is -0.497 e. The average molecular weight is 509 g/mol. The molecule has 1 heterocycles. The van der Waals surface area contributed by atoms with Crippen LogP contribution in [-0.4, -0.2) is 25.4 Å². The fraction of sp³-hybridized carbons (Fsp3) is 0.292. The van der Waals surface area contributed by atoms with Crippen molar-refractivity contribution in [1.82, 2.24) is 4.98 Å². The van der Waals surface area contributed by atoms with Gasteiger partial charge >= 0.3 is 6.18 Å². The van der Waals surface area contributed by atoms with Crippen molar-refractivity contribution in [2.45, 2.75) is 32.6 Å². The van der Waals surface area contributed by atoms with Crippen LogP contribution in [-0.2, 0) is 19.5 Å². The minimum absolute atomic E-state index is 0.148. The lowest BCUT2D eigenvalue weighted by Gasteiger charge is -2.26. The first kappa shape index (κ1) is 23.9. The fourth-order valence-corrected chi connectivity index (χ4v) is 3.97. The van der Waals surface area contributed by atoms with Crippen LogP contribution < -0.4 is 14.4 Å². The van der Waals surface area contributed by atoms with Gasteiger partial charge in [0.2, 0.25) is 0 Å². The molecule has 0 amide bonds. The summed E-state index contributed by atoms with van der Waals surface area (Å²) in [5.74, 6) is 2.10. The predicted octanol–water partition coefficient (Wildman–Crippen LogP) is 6.48. The van der Waals surface area contributed by atoms with Crippen molar-refractivity contribution in [2.24, 2.45) is 0 Å². The molecule has 0 saturated carbocycles. The van der Waals surface area contributed by atoms with Gasteiger partial charge in [0.1, 0.15) is 17.3 Å². The molecule has 0 atom stereocenters. The fourth-order valence-electron chi connectivity index (χ4n) is 3.34. The van der Waals surface area contributed by atoms with Crippen LogP contribution in [0.15, 0.2) is 59.1 Å². The Bertz CT molecular complexity index is 966. The maximum Gasteiger partial charge on any atom is 0.393 e. The molecule has 0 unspecified atom stereocenters. The molecule has 0 fully saturated rings. The van der Waals surface area contributed by atoms with Gasteiger partial charge in [-0.25, -0.2) is 4.98 Å². The van der Waals surface area contributed by atoms with E-state index in [1.807, 2.05) is 53.4 Å². The molecule has 0 spiro atoms. The lowest BCUT2D eigenvalue weighted by Crippen LogP contribution is -2.24. The van der Waals surface area contributed by atoms with Crippen molar-refractivity contribution in [1.29, 1.82) is 0 Å². The Hall–Kier alpha value is -2.74. The number of methoxy groups -OCH3 is 2. The molecule has 2 aromatic carbocycles. The third-order valence-corrected chi connectivity index (χ3v) is 5.74.